The van der Waals surface area contributed by atoms with E-state index in [4.69, 9.17) is 14.7 Å². The monoisotopic (exact) mass is 1450 g/mol. The number of carbonyl (C=O) groups excluding carboxylic acids is 4. The molecule has 0 aliphatic carbocycles. The van der Waals surface area contributed by atoms with Gasteiger partial charge in [-0.1, -0.05) is 311 Å². The zero-order chi connectivity index (χ0) is 73.2. The number of rotatable bonds is 55. The molecule has 2 aliphatic rings. The molecule has 2 unspecified atom stereocenters. The average Bonchev–Trinajstić information content (AvgIpc) is 0.908. The van der Waals surface area contributed by atoms with E-state index >= 15 is 19.2 Å². The minimum Gasteiger partial charge on any atom is -0.491 e. The molecule has 2 atom stereocenters. The summed E-state index contributed by atoms with van der Waals surface area (Å²) < 4.78 is 9.37. The lowest BCUT2D eigenvalue weighted by atomic mass is 9.82. The Balaban J connectivity index is 1.03. The van der Waals surface area contributed by atoms with E-state index in [2.05, 4.69) is 73.6 Å². The standard InChI is InChI=1S/C93H134N4O5S2/c1-9-14-19-24-29-34-36-40-45-50-54-69(53-48-43-38-31-26-21-16-11-3)64-96-90(98)73-58-66(6)79-83-80(73)76(92(96)100)63-95-86(83)82-72(78-61-71-68(8)88-75(59-67(7)103-88)87(89(71)104-78)102-57-52-47-42-33-28-23-18-13-5)60-74-81-77(62-94-85(79)84(81)82)93(101)97(91(74)99)65-70(55-49-44-39-32-27-22-17-12-4)56-51-46-41-37-35-30-25-20-15-10-2/h58-63,69-70H,9-57,64-65H2,1-8H3. The van der Waals surface area contributed by atoms with E-state index in [1.807, 2.05) is 17.4 Å². The van der Waals surface area contributed by atoms with Crippen LogP contribution < -0.4 is 4.74 Å². The molecule has 0 fully saturated rings. The number of fused-ring (bicyclic) bond motifs is 4. The van der Waals surface area contributed by atoms with Gasteiger partial charge in [0.2, 0.25) is 0 Å². The van der Waals surface area contributed by atoms with Crippen LogP contribution in [0.15, 0.2) is 36.7 Å². The van der Waals surface area contributed by atoms with Crippen molar-refractivity contribution in [3.63, 3.8) is 0 Å². The van der Waals surface area contributed by atoms with Crippen LogP contribution in [0.2, 0.25) is 0 Å². The number of aromatic nitrogens is 2. The van der Waals surface area contributed by atoms with Gasteiger partial charge in [-0.2, -0.15) is 0 Å². The third kappa shape index (κ3) is 20.4. The molecule has 0 spiro atoms. The van der Waals surface area contributed by atoms with Gasteiger partial charge in [0.05, 0.1) is 33.5 Å². The van der Waals surface area contributed by atoms with Crippen molar-refractivity contribution in [1.82, 2.24) is 19.8 Å². The quantitative estimate of drug-likeness (QED) is 0.0162. The summed E-state index contributed by atoms with van der Waals surface area (Å²) in [6.07, 6.45) is 62.5. The van der Waals surface area contributed by atoms with Crippen LogP contribution in [-0.2, 0) is 0 Å². The van der Waals surface area contributed by atoms with Crippen molar-refractivity contribution >= 4 is 110 Å². The largest absolute Gasteiger partial charge is 0.491 e. The minimum absolute atomic E-state index is 0.191. The highest BCUT2D eigenvalue weighted by molar-refractivity contribution is 7.23. The Morgan fingerprint density at radius 2 is 0.702 bits per heavy atom. The summed E-state index contributed by atoms with van der Waals surface area (Å²) in [6, 6.07) is 8.70. The van der Waals surface area contributed by atoms with E-state index in [1.165, 1.54) is 259 Å². The van der Waals surface area contributed by atoms with Crippen LogP contribution in [0, 0.1) is 32.6 Å². The maximum absolute atomic E-state index is 16.1. The number of hydrogen-bond donors (Lipinski definition) is 0. The van der Waals surface area contributed by atoms with Crippen molar-refractivity contribution in [2.24, 2.45) is 11.8 Å². The van der Waals surface area contributed by atoms with E-state index in [-0.39, 0.29) is 35.5 Å². The predicted octanol–water partition coefficient (Wildman–Crippen LogP) is 29.2. The van der Waals surface area contributed by atoms with Crippen LogP contribution in [0.1, 0.15) is 400 Å². The number of nitrogens with zero attached hydrogens (tertiary/aromatic N) is 4. The van der Waals surface area contributed by atoms with Crippen LogP contribution in [0.4, 0.5) is 0 Å². The van der Waals surface area contributed by atoms with Gasteiger partial charge >= 0.3 is 0 Å². The molecule has 0 bridgehead atoms. The first-order valence-corrected chi connectivity index (χ1v) is 44.9. The fourth-order valence-corrected chi connectivity index (χ4v) is 20.1. The Kier molecular flexibility index (Phi) is 32.9. The number of imide groups is 2. The summed E-state index contributed by atoms with van der Waals surface area (Å²) >= 11 is 3.53. The van der Waals surface area contributed by atoms with E-state index in [0.29, 0.717) is 63.8 Å². The molecule has 9 nitrogen and oxygen atoms in total. The number of aryl methyl sites for hydroxylation is 3. The minimum atomic E-state index is -0.277. The number of unbranched alkanes of at least 4 members (excludes halogenated alkanes) is 39. The van der Waals surface area contributed by atoms with Crippen LogP contribution in [0.25, 0.3) is 74.0 Å². The number of hydrogen-bond acceptors (Lipinski definition) is 9. The van der Waals surface area contributed by atoms with Gasteiger partial charge in [0, 0.05) is 99.7 Å². The predicted molar refractivity (Wildman–Crippen MR) is 447 cm³/mol. The fourth-order valence-electron chi connectivity index (χ4n) is 17.8. The van der Waals surface area contributed by atoms with Crippen molar-refractivity contribution < 1.29 is 23.9 Å². The lowest BCUT2D eigenvalue weighted by molar-refractivity contribution is 0.0562. The zero-order valence-electron chi connectivity index (χ0n) is 66.3. The number of thiophene rings is 2. The molecule has 6 heterocycles. The van der Waals surface area contributed by atoms with Gasteiger partial charge in [-0.15, -0.1) is 22.7 Å². The topological polar surface area (TPSA) is 110 Å². The summed E-state index contributed by atoms with van der Waals surface area (Å²) in [7, 11) is 0. The first-order chi connectivity index (χ1) is 50.9. The van der Waals surface area contributed by atoms with Gasteiger partial charge in [0.15, 0.2) is 0 Å². The average molecular weight is 1450 g/mol. The van der Waals surface area contributed by atoms with E-state index in [1.54, 1.807) is 33.5 Å². The molecule has 0 radical (unpaired) electrons. The Hall–Kier alpha value is -5.52. The van der Waals surface area contributed by atoms with Crippen molar-refractivity contribution in [2.75, 3.05) is 19.7 Å². The highest BCUT2D eigenvalue weighted by Gasteiger charge is 2.41. The Morgan fingerprint density at radius 1 is 0.346 bits per heavy atom. The molecule has 104 heavy (non-hydrogen) atoms. The lowest BCUT2D eigenvalue weighted by Gasteiger charge is -2.33. The molecule has 4 aromatic carbocycles. The fraction of sp³-hybridized carbons (Fsp3) is 0.656. The lowest BCUT2D eigenvalue weighted by Crippen LogP contribution is -2.43. The number of carbonyl (C=O) groups is 4. The first-order valence-electron chi connectivity index (χ1n) is 43.2. The van der Waals surface area contributed by atoms with Crippen LogP contribution in [-0.4, -0.2) is 63.1 Å². The van der Waals surface area contributed by atoms with Gasteiger partial charge in [0.1, 0.15) is 5.75 Å². The third-order valence-corrected chi connectivity index (χ3v) is 26.3. The van der Waals surface area contributed by atoms with Crippen molar-refractivity contribution in [2.45, 2.75) is 364 Å². The molecule has 4 amide bonds. The summed E-state index contributed by atoms with van der Waals surface area (Å²) in [6.45, 7) is 19.3. The second-order valence-electron chi connectivity index (χ2n) is 32.4. The molecule has 11 heteroatoms. The Bertz CT molecular complexity index is 4040. The molecule has 0 saturated heterocycles. The van der Waals surface area contributed by atoms with Gasteiger partial charge in [-0.05, 0) is 100 Å². The van der Waals surface area contributed by atoms with E-state index in [0.717, 1.165) is 123 Å². The highest BCUT2D eigenvalue weighted by atomic mass is 32.1. The number of amides is 4. The number of ether oxygens (including phenoxy) is 1. The second-order valence-corrected chi connectivity index (χ2v) is 34.7. The van der Waals surface area contributed by atoms with Gasteiger partial charge < -0.3 is 4.74 Å². The number of pyridine rings is 2. The maximum Gasteiger partial charge on any atom is 0.262 e. The first kappa shape index (κ1) is 81.0. The van der Waals surface area contributed by atoms with Gasteiger partial charge in [0.25, 0.3) is 23.6 Å². The summed E-state index contributed by atoms with van der Waals surface area (Å²) in [5, 5.41) is 6.61. The van der Waals surface area contributed by atoms with Crippen molar-refractivity contribution in [3.8, 4) is 16.2 Å². The van der Waals surface area contributed by atoms with Crippen molar-refractivity contribution in [1.29, 1.82) is 0 Å². The van der Waals surface area contributed by atoms with Crippen LogP contribution in [0.3, 0.4) is 0 Å². The zero-order valence-corrected chi connectivity index (χ0v) is 68.0. The van der Waals surface area contributed by atoms with Crippen LogP contribution >= 0.6 is 22.7 Å². The Labute approximate surface area is 635 Å². The van der Waals surface area contributed by atoms with Crippen molar-refractivity contribution in [3.05, 3.63) is 74.9 Å². The Morgan fingerprint density at radius 3 is 1.12 bits per heavy atom. The van der Waals surface area contributed by atoms with E-state index < -0.39 is 0 Å². The summed E-state index contributed by atoms with van der Waals surface area (Å²) in [5.41, 5.74) is 6.16. The summed E-state index contributed by atoms with van der Waals surface area (Å²) in [4.78, 5) is 79.1. The van der Waals surface area contributed by atoms with Crippen LogP contribution in [0.5, 0.6) is 5.75 Å². The summed E-state index contributed by atoms with van der Waals surface area (Å²) in [5.74, 6) is 0.297. The molecule has 4 aromatic heterocycles. The maximum atomic E-state index is 16.1. The SMILES string of the molecule is CCCCCCCCCCCCC(CCCCCCCCCC)CN1C(=O)c2cnc3c4c(-c5cc6c(C)c7sc(C)cc7c(OCCCCCCCCCC)c6s5)cc5c6c(cnc(c7c(C)cc(c2c37)C1=O)c64)C(=O)N(CC(CCCCCCCCCC)CCCCCCCCCCCC)C5=O. The third-order valence-electron chi connectivity index (χ3n) is 23.9. The second kappa shape index (κ2) is 42.3. The molecule has 8 aromatic rings. The van der Waals surface area contributed by atoms with Gasteiger partial charge in [-0.3, -0.25) is 38.9 Å². The molecule has 0 N–H and O–H groups in total. The number of benzene rings is 4. The van der Waals surface area contributed by atoms with Gasteiger partial charge in [-0.25, -0.2) is 0 Å². The molecular weight excluding hydrogens is 1320 g/mol. The highest BCUT2D eigenvalue weighted by Crippen LogP contribution is 2.53. The molecule has 0 saturated carbocycles. The molecule has 2 aliphatic heterocycles. The molecular formula is C93H134N4O5S2. The van der Waals surface area contributed by atoms with E-state index in [9.17, 15) is 0 Å². The normalized spacial score (nSPS) is 14.0. The molecule has 568 valence electrons. The smallest absolute Gasteiger partial charge is 0.262 e. The molecule has 10 rings (SSSR count).